The number of hydrogen-bond acceptors (Lipinski definition) is 8. The summed E-state index contributed by atoms with van der Waals surface area (Å²) in [6.07, 6.45) is 2.99. The molecule has 0 radical (unpaired) electrons. The van der Waals surface area contributed by atoms with Gasteiger partial charge in [0.2, 0.25) is 5.95 Å². The quantitative estimate of drug-likeness (QED) is 0.402. The van der Waals surface area contributed by atoms with Crippen molar-refractivity contribution in [2.75, 3.05) is 5.32 Å². The van der Waals surface area contributed by atoms with Crippen LogP contribution in [0.5, 0.6) is 0 Å². The lowest BCUT2D eigenvalue weighted by Crippen LogP contribution is -2.41. The van der Waals surface area contributed by atoms with E-state index in [4.69, 9.17) is 0 Å². The molecule has 3 heterocycles. The lowest BCUT2D eigenvalue weighted by atomic mass is 10.1. The number of pyridine rings is 1. The summed E-state index contributed by atoms with van der Waals surface area (Å²) in [6, 6.07) is 12.6. The standard InChI is InChI=1S/C24H18FN9O2/c1-14-7-18(12-27-11-14)34-23(35)29-22(28-17-4-6-20-21(9-17)32(2)31-30-20)33(24(34)36)13-15-3-5-19(25)16(8-15)10-26/h3-9,11-12H,13H2,1-2H3,(H,28,29,35). The van der Waals surface area contributed by atoms with Crippen LogP contribution < -0.4 is 16.7 Å². The minimum Gasteiger partial charge on any atom is -0.325 e. The maximum Gasteiger partial charge on any atom is 0.359 e. The van der Waals surface area contributed by atoms with E-state index in [1.54, 1.807) is 55.2 Å². The number of anilines is 2. The fourth-order valence-corrected chi connectivity index (χ4v) is 3.79. The SMILES string of the molecule is Cc1cncc(-n2c(=O)nc(Nc3ccc4nnn(C)c4c3)n(Cc3ccc(F)c(C#N)c3)c2=O)c1. The van der Waals surface area contributed by atoms with Gasteiger partial charge in [-0.2, -0.15) is 10.2 Å². The first-order chi connectivity index (χ1) is 17.3. The minimum absolute atomic E-state index is 0.0285. The second kappa shape index (κ2) is 8.88. The van der Waals surface area contributed by atoms with Crippen LogP contribution in [0.4, 0.5) is 16.0 Å². The molecule has 0 fully saturated rings. The first-order valence-corrected chi connectivity index (χ1v) is 10.7. The van der Waals surface area contributed by atoms with Gasteiger partial charge in [0.15, 0.2) is 0 Å². The molecule has 0 aliphatic heterocycles. The molecule has 0 unspecified atom stereocenters. The summed E-state index contributed by atoms with van der Waals surface area (Å²) < 4.78 is 17.6. The van der Waals surface area contributed by atoms with Crippen molar-refractivity contribution in [2.45, 2.75) is 13.5 Å². The predicted molar refractivity (Wildman–Crippen MR) is 129 cm³/mol. The Morgan fingerprint density at radius 2 is 1.94 bits per heavy atom. The van der Waals surface area contributed by atoms with Gasteiger partial charge in [-0.15, -0.1) is 5.10 Å². The van der Waals surface area contributed by atoms with Gasteiger partial charge in [0.25, 0.3) is 0 Å². The van der Waals surface area contributed by atoms with Gasteiger partial charge in [-0.05, 0) is 54.4 Å². The van der Waals surface area contributed by atoms with Gasteiger partial charge in [-0.3, -0.25) is 9.55 Å². The Morgan fingerprint density at radius 3 is 2.72 bits per heavy atom. The average molecular weight is 483 g/mol. The molecule has 2 aromatic carbocycles. The van der Waals surface area contributed by atoms with Gasteiger partial charge >= 0.3 is 11.4 Å². The first-order valence-electron chi connectivity index (χ1n) is 10.7. The number of benzene rings is 2. The van der Waals surface area contributed by atoms with E-state index in [0.717, 1.165) is 21.7 Å². The average Bonchev–Trinajstić information content (AvgIpc) is 3.22. The van der Waals surface area contributed by atoms with Crippen LogP contribution in [0, 0.1) is 24.1 Å². The number of nitrogens with zero attached hydrogens (tertiary/aromatic N) is 8. The molecular weight excluding hydrogens is 465 g/mol. The number of rotatable bonds is 5. The monoisotopic (exact) mass is 483 g/mol. The Hall–Kier alpha value is -5.18. The van der Waals surface area contributed by atoms with Crippen molar-refractivity contribution in [3.8, 4) is 11.8 Å². The molecule has 11 nitrogen and oxygen atoms in total. The van der Waals surface area contributed by atoms with Crippen LogP contribution >= 0.6 is 0 Å². The zero-order chi connectivity index (χ0) is 25.4. The fourth-order valence-electron chi connectivity index (χ4n) is 3.79. The van der Waals surface area contributed by atoms with E-state index < -0.39 is 17.2 Å². The Balaban J connectivity index is 1.67. The maximum absolute atomic E-state index is 13.9. The van der Waals surface area contributed by atoms with Crippen LogP contribution in [0.2, 0.25) is 0 Å². The molecule has 5 aromatic rings. The molecule has 0 spiro atoms. The van der Waals surface area contributed by atoms with E-state index in [-0.39, 0.29) is 23.7 Å². The van der Waals surface area contributed by atoms with Crippen molar-refractivity contribution < 1.29 is 4.39 Å². The Bertz CT molecular complexity index is 1800. The van der Waals surface area contributed by atoms with Crippen molar-refractivity contribution in [2.24, 2.45) is 7.05 Å². The van der Waals surface area contributed by atoms with Crippen LogP contribution in [0.15, 0.2) is 64.4 Å². The molecule has 0 aliphatic rings. The second-order valence-electron chi connectivity index (χ2n) is 8.11. The molecule has 178 valence electrons. The topological polar surface area (TPSA) is 136 Å². The molecule has 5 rings (SSSR count). The molecule has 0 atom stereocenters. The number of aromatic nitrogens is 7. The highest BCUT2D eigenvalue weighted by Crippen LogP contribution is 2.20. The van der Waals surface area contributed by atoms with E-state index >= 15 is 0 Å². The second-order valence-corrected chi connectivity index (χ2v) is 8.11. The third-order valence-electron chi connectivity index (χ3n) is 5.55. The van der Waals surface area contributed by atoms with E-state index in [0.29, 0.717) is 16.8 Å². The van der Waals surface area contributed by atoms with Gasteiger partial charge in [0.1, 0.15) is 17.4 Å². The number of aryl methyl sites for hydroxylation is 2. The summed E-state index contributed by atoms with van der Waals surface area (Å²) in [7, 11) is 1.74. The van der Waals surface area contributed by atoms with Gasteiger partial charge in [-0.25, -0.2) is 23.2 Å². The highest BCUT2D eigenvalue weighted by molar-refractivity contribution is 5.79. The molecule has 1 N–H and O–H groups in total. The third kappa shape index (κ3) is 4.09. The Kier molecular flexibility index (Phi) is 5.57. The zero-order valence-electron chi connectivity index (χ0n) is 19.2. The lowest BCUT2D eigenvalue weighted by Gasteiger charge is -2.16. The fraction of sp³-hybridized carbons (Fsp3) is 0.125. The highest BCUT2D eigenvalue weighted by atomic mass is 19.1. The number of halogens is 1. The third-order valence-corrected chi connectivity index (χ3v) is 5.55. The molecule has 0 aliphatic carbocycles. The maximum atomic E-state index is 13.9. The zero-order valence-corrected chi connectivity index (χ0v) is 19.2. The minimum atomic E-state index is -0.800. The molecule has 0 saturated heterocycles. The first kappa shape index (κ1) is 22.6. The van der Waals surface area contributed by atoms with Crippen LogP contribution in [0.25, 0.3) is 16.7 Å². The number of nitriles is 1. The molecule has 36 heavy (non-hydrogen) atoms. The number of hydrogen-bond donors (Lipinski definition) is 1. The van der Waals surface area contributed by atoms with Gasteiger partial charge in [-0.1, -0.05) is 11.3 Å². The summed E-state index contributed by atoms with van der Waals surface area (Å²) in [5, 5.41) is 20.3. The van der Waals surface area contributed by atoms with Gasteiger partial charge in [0, 0.05) is 18.9 Å². The van der Waals surface area contributed by atoms with Crippen molar-refractivity contribution in [1.29, 1.82) is 5.26 Å². The summed E-state index contributed by atoms with van der Waals surface area (Å²) >= 11 is 0. The van der Waals surface area contributed by atoms with E-state index in [1.807, 2.05) is 0 Å². The molecule has 0 saturated carbocycles. The summed E-state index contributed by atoms with van der Waals surface area (Å²) in [4.78, 5) is 34.8. The van der Waals surface area contributed by atoms with Crippen molar-refractivity contribution in [3.05, 3.63) is 98.3 Å². The summed E-state index contributed by atoms with van der Waals surface area (Å²) in [5.41, 5.74) is 1.78. The Morgan fingerprint density at radius 1 is 1.11 bits per heavy atom. The predicted octanol–water partition coefficient (Wildman–Crippen LogP) is 2.18. The van der Waals surface area contributed by atoms with E-state index in [1.165, 1.54) is 22.9 Å². The molecule has 3 aromatic heterocycles. The normalized spacial score (nSPS) is 10.9. The summed E-state index contributed by atoms with van der Waals surface area (Å²) in [6.45, 7) is 1.70. The van der Waals surface area contributed by atoms with Gasteiger partial charge in [0.05, 0.1) is 29.5 Å². The Labute approximate surface area is 202 Å². The lowest BCUT2D eigenvalue weighted by molar-refractivity contribution is 0.620. The number of fused-ring (bicyclic) bond motifs is 1. The molecule has 12 heteroatoms. The van der Waals surface area contributed by atoms with Crippen LogP contribution in [-0.2, 0) is 13.6 Å². The largest absolute Gasteiger partial charge is 0.359 e. The van der Waals surface area contributed by atoms with Gasteiger partial charge < -0.3 is 5.32 Å². The van der Waals surface area contributed by atoms with Crippen molar-refractivity contribution in [3.63, 3.8) is 0 Å². The van der Waals surface area contributed by atoms with Crippen molar-refractivity contribution >= 4 is 22.7 Å². The molecule has 0 amide bonds. The van der Waals surface area contributed by atoms with Crippen LogP contribution in [0.1, 0.15) is 16.7 Å². The van der Waals surface area contributed by atoms with E-state index in [9.17, 15) is 19.2 Å². The smallest absolute Gasteiger partial charge is 0.325 e. The summed E-state index contributed by atoms with van der Waals surface area (Å²) in [5.74, 6) is -0.696. The molecular formula is C24H18FN9O2. The number of nitrogens with one attached hydrogen (secondary N) is 1. The van der Waals surface area contributed by atoms with Crippen LogP contribution in [0.3, 0.4) is 0 Å². The highest BCUT2D eigenvalue weighted by Gasteiger charge is 2.17. The van der Waals surface area contributed by atoms with Crippen LogP contribution in [-0.4, -0.2) is 34.1 Å². The molecule has 0 bridgehead atoms. The van der Waals surface area contributed by atoms with Crippen molar-refractivity contribution in [1.82, 2.24) is 34.1 Å². The van der Waals surface area contributed by atoms with E-state index in [2.05, 4.69) is 25.6 Å².